The number of aliphatic carboxylic acids is 1. The van der Waals surface area contributed by atoms with Crippen LogP contribution in [0, 0.1) is 11.8 Å². The minimum atomic E-state index is -0.967. The van der Waals surface area contributed by atoms with E-state index in [1.54, 1.807) is 13.8 Å². The number of amides is 1. The van der Waals surface area contributed by atoms with Crippen molar-refractivity contribution in [2.75, 3.05) is 13.1 Å². The van der Waals surface area contributed by atoms with E-state index in [1.165, 1.54) is 4.90 Å². The van der Waals surface area contributed by atoms with E-state index in [0.717, 1.165) is 12.8 Å². The summed E-state index contributed by atoms with van der Waals surface area (Å²) < 4.78 is 0. The van der Waals surface area contributed by atoms with Gasteiger partial charge in [-0.05, 0) is 25.7 Å². The summed E-state index contributed by atoms with van der Waals surface area (Å²) in [7, 11) is 0. The highest BCUT2D eigenvalue weighted by molar-refractivity contribution is 5.83. The van der Waals surface area contributed by atoms with Gasteiger partial charge in [0.2, 0.25) is 5.91 Å². The largest absolute Gasteiger partial charge is 0.480 e. The quantitative estimate of drug-likeness (QED) is 0.684. The summed E-state index contributed by atoms with van der Waals surface area (Å²) in [6, 6.07) is -0.247. The summed E-state index contributed by atoms with van der Waals surface area (Å²) in [6.45, 7) is 3.85. The molecule has 1 aliphatic rings. The summed E-state index contributed by atoms with van der Waals surface area (Å²) in [6.07, 6.45) is 2.19. The van der Waals surface area contributed by atoms with Crippen LogP contribution in [0.3, 0.4) is 0 Å². The average Bonchev–Trinajstić information content (AvgIpc) is 2.97. The summed E-state index contributed by atoms with van der Waals surface area (Å²) in [5.74, 6) is -0.947. The Labute approximate surface area is 95.6 Å². The maximum absolute atomic E-state index is 12.0. The first-order chi connectivity index (χ1) is 7.41. The molecule has 1 fully saturated rings. The molecule has 0 aliphatic heterocycles. The molecule has 5 heteroatoms. The number of nitrogens with zero attached hydrogens (tertiary/aromatic N) is 1. The fourth-order valence-electron chi connectivity index (χ4n) is 1.52. The zero-order chi connectivity index (χ0) is 12.3. The summed E-state index contributed by atoms with van der Waals surface area (Å²) in [5, 5.41) is 8.76. The molecule has 1 rings (SSSR count). The third-order valence-electron chi connectivity index (χ3n) is 2.99. The Hall–Kier alpha value is -1.10. The molecule has 0 aromatic carbocycles. The Balaban J connectivity index is 2.58. The molecule has 0 heterocycles. The van der Waals surface area contributed by atoms with Gasteiger partial charge in [-0.15, -0.1) is 0 Å². The van der Waals surface area contributed by atoms with Crippen LogP contribution in [0.5, 0.6) is 0 Å². The molecule has 92 valence electrons. The van der Waals surface area contributed by atoms with Gasteiger partial charge < -0.3 is 15.7 Å². The summed E-state index contributed by atoms with van der Waals surface area (Å²) in [5.41, 5.74) is 5.66. The fraction of sp³-hybridized carbons (Fsp3) is 0.818. The van der Waals surface area contributed by atoms with E-state index >= 15 is 0 Å². The van der Waals surface area contributed by atoms with E-state index in [9.17, 15) is 9.59 Å². The molecule has 0 spiro atoms. The molecule has 0 saturated heterocycles. The Morgan fingerprint density at radius 1 is 1.44 bits per heavy atom. The minimum absolute atomic E-state index is 0.149. The van der Waals surface area contributed by atoms with Crippen molar-refractivity contribution in [3.63, 3.8) is 0 Å². The van der Waals surface area contributed by atoms with E-state index < -0.39 is 5.97 Å². The molecule has 0 aromatic rings. The summed E-state index contributed by atoms with van der Waals surface area (Å²) in [4.78, 5) is 24.1. The topological polar surface area (TPSA) is 83.6 Å². The highest BCUT2D eigenvalue weighted by Gasteiger charge is 2.30. The van der Waals surface area contributed by atoms with Crippen LogP contribution in [0.1, 0.15) is 26.7 Å². The Morgan fingerprint density at radius 3 is 2.38 bits per heavy atom. The van der Waals surface area contributed by atoms with E-state index in [1.807, 2.05) is 0 Å². The fourth-order valence-corrected chi connectivity index (χ4v) is 1.52. The second-order valence-corrected chi connectivity index (χ2v) is 4.70. The van der Waals surface area contributed by atoms with Crippen molar-refractivity contribution in [3.8, 4) is 0 Å². The van der Waals surface area contributed by atoms with E-state index in [-0.39, 0.29) is 24.4 Å². The van der Waals surface area contributed by atoms with Crippen LogP contribution in [-0.2, 0) is 9.59 Å². The third-order valence-corrected chi connectivity index (χ3v) is 2.99. The second-order valence-electron chi connectivity index (χ2n) is 4.70. The standard InChI is InChI=1S/C11H20N2O3/c1-7(8(2)12)11(16)13(6-10(14)15)5-9-3-4-9/h7-9H,3-6,12H2,1-2H3,(H,14,15). The predicted molar refractivity (Wildman–Crippen MR) is 59.8 cm³/mol. The van der Waals surface area contributed by atoms with Crippen LogP contribution in [0.25, 0.3) is 0 Å². The lowest BCUT2D eigenvalue weighted by Gasteiger charge is -2.25. The number of hydrogen-bond donors (Lipinski definition) is 2. The monoisotopic (exact) mass is 228 g/mol. The van der Waals surface area contributed by atoms with Crippen LogP contribution in [-0.4, -0.2) is 41.0 Å². The van der Waals surface area contributed by atoms with Crippen LogP contribution in [0.2, 0.25) is 0 Å². The Bertz CT molecular complexity index is 274. The lowest BCUT2D eigenvalue weighted by molar-refractivity contribution is -0.146. The van der Waals surface area contributed by atoms with Gasteiger partial charge in [-0.2, -0.15) is 0 Å². The van der Waals surface area contributed by atoms with Crippen LogP contribution in [0.4, 0.5) is 0 Å². The van der Waals surface area contributed by atoms with Gasteiger partial charge in [0.15, 0.2) is 0 Å². The van der Waals surface area contributed by atoms with Crippen molar-refractivity contribution in [1.29, 1.82) is 0 Å². The first-order valence-corrected chi connectivity index (χ1v) is 5.68. The average molecular weight is 228 g/mol. The molecule has 1 saturated carbocycles. The molecule has 0 aromatic heterocycles. The number of carboxylic acid groups (broad SMARTS) is 1. The molecule has 2 atom stereocenters. The van der Waals surface area contributed by atoms with E-state index in [4.69, 9.17) is 10.8 Å². The molecule has 5 nitrogen and oxygen atoms in total. The number of carbonyl (C=O) groups is 2. The molecule has 1 aliphatic carbocycles. The van der Waals surface area contributed by atoms with Gasteiger partial charge in [0.1, 0.15) is 6.54 Å². The molecule has 16 heavy (non-hydrogen) atoms. The molecule has 2 unspecified atom stereocenters. The number of hydrogen-bond acceptors (Lipinski definition) is 3. The van der Waals surface area contributed by atoms with E-state index in [0.29, 0.717) is 12.5 Å². The first-order valence-electron chi connectivity index (χ1n) is 5.68. The zero-order valence-electron chi connectivity index (χ0n) is 9.85. The second kappa shape index (κ2) is 5.30. The minimum Gasteiger partial charge on any atom is -0.480 e. The maximum atomic E-state index is 12.0. The van der Waals surface area contributed by atoms with Crippen molar-refractivity contribution in [2.45, 2.75) is 32.7 Å². The number of nitrogens with two attached hydrogens (primary N) is 1. The van der Waals surface area contributed by atoms with Crippen molar-refractivity contribution in [3.05, 3.63) is 0 Å². The molecular formula is C11H20N2O3. The predicted octanol–water partition coefficient (Wildman–Crippen LogP) is 0.293. The smallest absolute Gasteiger partial charge is 0.323 e. The number of carboxylic acids is 1. The van der Waals surface area contributed by atoms with Crippen molar-refractivity contribution in [2.24, 2.45) is 17.6 Å². The SMILES string of the molecule is CC(N)C(C)C(=O)N(CC(=O)O)CC1CC1. The lowest BCUT2D eigenvalue weighted by atomic mass is 10.0. The van der Waals surface area contributed by atoms with Gasteiger partial charge in [0.25, 0.3) is 0 Å². The lowest BCUT2D eigenvalue weighted by Crippen LogP contribution is -2.44. The Morgan fingerprint density at radius 2 is 2.00 bits per heavy atom. The molecule has 0 bridgehead atoms. The van der Waals surface area contributed by atoms with E-state index in [2.05, 4.69) is 0 Å². The number of carbonyl (C=O) groups excluding carboxylic acids is 1. The first kappa shape index (κ1) is 13.0. The van der Waals surface area contributed by atoms with Gasteiger partial charge in [-0.1, -0.05) is 6.92 Å². The zero-order valence-corrected chi connectivity index (χ0v) is 9.85. The highest BCUT2D eigenvalue weighted by atomic mass is 16.4. The van der Waals surface area contributed by atoms with Crippen LogP contribution < -0.4 is 5.73 Å². The van der Waals surface area contributed by atoms with Gasteiger partial charge in [-0.25, -0.2) is 0 Å². The highest BCUT2D eigenvalue weighted by Crippen LogP contribution is 2.30. The third kappa shape index (κ3) is 3.81. The molecule has 3 N–H and O–H groups in total. The van der Waals surface area contributed by atoms with Gasteiger partial charge >= 0.3 is 5.97 Å². The van der Waals surface area contributed by atoms with Crippen LogP contribution in [0.15, 0.2) is 0 Å². The number of rotatable bonds is 6. The van der Waals surface area contributed by atoms with Crippen molar-refractivity contribution < 1.29 is 14.7 Å². The van der Waals surface area contributed by atoms with Crippen LogP contribution >= 0.6 is 0 Å². The Kier molecular flexibility index (Phi) is 4.29. The molecule has 1 amide bonds. The van der Waals surface area contributed by atoms with Gasteiger partial charge in [-0.3, -0.25) is 9.59 Å². The normalized spacial score (nSPS) is 18.9. The van der Waals surface area contributed by atoms with Gasteiger partial charge in [0.05, 0.1) is 5.92 Å². The summed E-state index contributed by atoms with van der Waals surface area (Å²) >= 11 is 0. The molecule has 0 radical (unpaired) electrons. The van der Waals surface area contributed by atoms with Crippen molar-refractivity contribution >= 4 is 11.9 Å². The molecular weight excluding hydrogens is 208 g/mol. The maximum Gasteiger partial charge on any atom is 0.323 e. The van der Waals surface area contributed by atoms with Crippen molar-refractivity contribution in [1.82, 2.24) is 4.90 Å². The van der Waals surface area contributed by atoms with Gasteiger partial charge in [0, 0.05) is 12.6 Å².